The summed E-state index contributed by atoms with van der Waals surface area (Å²) in [7, 11) is 7.97. The number of halogens is 1. The van der Waals surface area contributed by atoms with Crippen LogP contribution in [0.5, 0.6) is 0 Å². The fourth-order valence-electron chi connectivity index (χ4n) is 1.23. The molecule has 0 aromatic heterocycles. The van der Waals surface area contributed by atoms with Gasteiger partial charge in [0.05, 0.1) is 5.69 Å². The molecule has 0 saturated heterocycles. The lowest BCUT2D eigenvalue weighted by atomic mass is 10.3. The third-order valence-corrected chi connectivity index (χ3v) is 2.57. The Kier molecular flexibility index (Phi) is 4.38. The van der Waals surface area contributed by atoms with Gasteiger partial charge in [-0.2, -0.15) is 0 Å². The van der Waals surface area contributed by atoms with E-state index in [-0.39, 0.29) is 0 Å². The van der Waals surface area contributed by atoms with E-state index in [0.717, 1.165) is 11.6 Å². The lowest BCUT2D eigenvalue weighted by molar-refractivity contribution is 0.484. The largest absolute Gasteiger partial charge is 0.349 e. The Balaban J connectivity index is 2.97. The first kappa shape index (κ1) is 12.3. The van der Waals surface area contributed by atoms with Crippen molar-refractivity contribution in [2.75, 3.05) is 28.2 Å². The summed E-state index contributed by atoms with van der Waals surface area (Å²) in [4.78, 5) is 8.56. The second-order valence-electron chi connectivity index (χ2n) is 3.68. The average Bonchev–Trinajstić information content (AvgIpc) is 2.15. The summed E-state index contributed by atoms with van der Waals surface area (Å²) in [5.74, 6) is 0.941. The SMILES string of the molecule is CN(C)C(=Nc1ccc(I)cc1)N(C)C. The van der Waals surface area contributed by atoms with E-state index in [2.05, 4.69) is 39.7 Å². The second kappa shape index (κ2) is 5.34. The van der Waals surface area contributed by atoms with Gasteiger partial charge in [-0.05, 0) is 46.9 Å². The van der Waals surface area contributed by atoms with E-state index in [0.29, 0.717) is 0 Å². The van der Waals surface area contributed by atoms with Crippen molar-refractivity contribution in [2.45, 2.75) is 0 Å². The molecule has 0 radical (unpaired) electrons. The fraction of sp³-hybridized carbons (Fsp3) is 0.364. The molecule has 0 unspecified atom stereocenters. The van der Waals surface area contributed by atoms with Gasteiger partial charge in [0.2, 0.25) is 5.96 Å². The fourth-order valence-corrected chi connectivity index (χ4v) is 1.59. The summed E-state index contributed by atoms with van der Waals surface area (Å²) in [6.45, 7) is 0. The predicted octanol–water partition coefficient (Wildman–Crippen LogP) is 2.40. The van der Waals surface area contributed by atoms with Crippen LogP contribution in [0.2, 0.25) is 0 Å². The highest BCUT2D eigenvalue weighted by Crippen LogP contribution is 2.15. The Labute approximate surface area is 105 Å². The molecule has 0 aliphatic heterocycles. The van der Waals surface area contributed by atoms with Crippen molar-refractivity contribution in [3.8, 4) is 0 Å². The summed E-state index contributed by atoms with van der Waals surface area (Å²) >= 11 is 2.29. The number of aliphatic imine (C=N–C) groups is 1. The number of nitrogens with zero attached hydrogens (tertiary/aromatic N) is 3. The number of guanidine groups is 1. The molecular weight excluding hydrogens is 301 g/mol. The molecule has 0 spiro atoms. The highest BCUT2D eigenvalue weighted by molar-refractivity contribution is 14.1. The summed E-state index contributed by atoms with van der Waals surface area (Å²) in [5, 5.41) is 0. The molecule has 0 heterocycles. The predicted molar refractivity (Wildman–Crippen MR) is 73.6 cm³/mol. The van der Waals surface area contributed by atoms with Gasteiger partial charge in [0.15, 0.2) is 0 Å². The van der Waals surface area contributed by atoms with Crippen molar-refractivity contribution < 1.29 is 0 Å². The minimum Gasteiger partial charge on any atom is -0.349 e. The van der Waals surface area contributed by atoms with Gasteiger partial charge in [-0.3, -0.25) is 0 Å². The Hall–Kier alpha value is -0.780. The van der Waals surface area contributed by atoms with Crippen LogP contribution in [0.4, 0.5) is 5.69 Å². The maximum atomic E-state index is 4.56. The monoisotopic (exact) mass is 317 g/mol. The maximum absolute atomic E-state index is 4.56. The lowest BCUT2D eigenvalue weighted by Gasteiger charge is -2.22. The standard InChI is InChI=1S/C11H16IN3/c1-14(2)11(15(3)4)13-10-7-5-9(12)6-8-10/h5-8H,1-4H3. The molecular formula is C11H16IN3. The van der Waals surface area contributed by atoms with E-state index in [9.17, 15) is 0 Å². The van der Waals surface area contributed by atoms with Crippen LogP contribution in [0.25, 0.3) is 0 Å². The van der Waals surface area contributed by atoms with Crippen molar-refractivity contribution in [1.82, 2.24) is 9.80 Å². The minimum absolute atomic E-state index is 0.941. The minimum atomic E-state index is 0.941. The Morgan fingerprint density at radius 3 is 1.87 bits per heavy atom. The first-order valence-electron chi connectivity index (χ1n) is 4.69. The third kappa shape index (κ3) is 3.70. The number of rotatable bonds is 1. The van der Waals surface area contributed by atoms with Crippen LogP contribution < -0.4 is 0 Å². The van der Waals surface area contributed by atoms with Crippen molar-refractivity contribution in [2.24, 2.45) is 4.99 Å². The van der Waals surface area contributed by atoms with Crippen LogP contribution in [0.15, 0.2) is 29.3 Å². The molecule has 1 aromatic rings. The zero-order valence-electron chi connectivity index (χ0n) is 9.53. The second-order valence-corrected chi connectivity index (χ2v) is 4.92. The van der Waals surface area contributed by atoms with Crippen LogP contribution >= 0.6 is 22.6 Å². The van der Waals surface area contributed by atoms with Crippen LogP contribution in [0.3, 0.4) is 0 Å². The zero-order chi connectivity index (χ0) is 11.4. The van der Waals surface area contributed by atoms with Gasteiger partial charge in [0.1, 0.15) is 0 Å². The molecule has 1 aromatic carbocycles. The average molecular weight is 317 g/mol. The van der Waals surface area contributed by atoms with Crippen molar-refractivity contribution in [1.29, 1.82) is 0 Å². The van der Waals surface area contributed by atoms with Gasteiger partial charge >= 0.3 is 0 Å². The first-order valence-corrected chi connectivity index (χ1v) is 5.77. The highest BCUT2D eigenvalue weighted by Gasteiger charge is 2.03. The van der Waals surface area contributed by atoms with E-state index in [4.69, 9.17) is 0 Å². The lowest BCUT2D eigenvalue weighted by Crippen LogP contribution is -2.35. The Morgan fingerprint density at radius 2 is 1.47 bits per heavy atom. The molecule has 0 fully saturated rings. The van der Waals surface area contributed by atoms with Gasteiger partial charge in [-0.25, -0.2) is 4.99 Å². The number of hydrogen-bond donors (Lipinski definition) is 0. The molecule has 1 rings (SSSR count). The van der Waals surface area contributed by atoms with E-state index in [1.165, 1.54) is 3.57 Å². The van der Waals surface area contributed by atoms with Crippen LogP contribution in [-0.4, -0.2) is 44.0 Å². The summed E-state index contributed by atoms with van der Waals surface area (Å²) in [6, 6.07) is 8.16. The third-order valence-electron chi connectivity index (χ3n) is 1.86. The number of benzene rings is 1. The molecule has 0 atom stereocenters. The molecule has 0 aliphatic carbocycles. The van der Waals surface area contributed by atoms with E-state index in [1.807, 2.05) is 50.1 Å². The van der Waals surface area contributed by atoms with Crippen molar-refractivity contribution in [3.63, 3.8) is 0 Å². The Bertz CT molecular complexity index is 331. The molecule has 15 heavy (non-hydrogen) atoms. The van der Waals surface area contributed by atoms with Crippen LogP contribution in [0, 0.1) is 3.57 Å². The van der Waals surface area contributed by atoms with E-state index in [1.54, 1.807) is 0 Å². The Morgan fingerprint density at radius 1 is 1.00 bits per heavy atom. The van der Waals surface area contributed by atoms with Crippen molar-refractivity contribution >= 4 is 34.2 Å². The molecule has 0 bridgehead atoms. The molecule has 4 heteroatoms. The molecule has 0 saturated carbocycles. The van der Waals surface area contributed by atoms with Gasteiger partial charge < -0.3 is 9.80 Å². The molecule has 3 nitrogen and oxygen atoms in total. The van der Waals surface area contributed by atoms with Crippen LogP contribution in [0.1, 0.15) is 0 Å². The summed E-state index contributed by atoms with van der Waals surface area (Å²) in [5.41, 5.74) is 0.979. The molecule has 0 amide bonds. The van der Waals surface area contributed by atoms with E-state index >= 15 is 0 Å². The van der Waals surface area contributed by atoms with Crippen molar-refractivity contribution in [3.05, 3.63) is 27.8 Å². The van der Waals surface area contributed by atoms with Gasteiger partial charge in [0.25, 0.3) is 0 Å². The van der Waals surface area contributed by atoms with Gasteiger partial charge in [-0.15, -0.1) is 0 Å². The highest BCUT2D eigenvalue weighted by atomic mass is 127. The maximum Gasteiger partial charge on any atom is 0.200 e. The van der Waals surface area contributed by atoms with E-state index < -0.39 is 0 Å². The van der Waals surface area contributed by atoms with Crippen LogP contribution in [-0.2, 0) is 0 Å². The number of hydrogen-bond acceptors (Lipinski definition) is 1. The summed E-state index contributed by atoms with van der Waals surface area (Å²) in [6.07, 6.45) is 0. The summed E-state index contributed by atoms with van der Waals surface area (Å²) < 4.78 is 1.22. The van der Waals surface area contributed by atoms with Gasteiger partial charge in [-0.1, -0.05) is 0 Å². The molecule has 0 N–H and O–H groups in total. The smallest absolute Gasteiger partial charge is 0.200 e. The first-order chi connectivity index (χ1) is 7.00. The van der Waals surface area contributed by atoms with Gasteiger partial charge in [0, 0.05) is 31.8 Å². The normalized spacial score (nSPS) is 9.67. The quantitative estimate of drug-likeness (QED) is 0.450. The molecule has 82 valence electrons. The molecule has 0 aliphatic rings. The zero-order valence-corrected chi connectivity index (χ0v) is 11.7. The topological polar surface area (TPSA) is 18.8 Å².